The van der Waals surface area contributed by atoms with Gasteiger partial charge in [0, 0.05) is 30.8 Å². The Labute approximate surface area is 80.6 Å². The zero-order valence-electron chi connectivity index (χ0n) is 8.89. The Morgan fingerprint density at radius 2 is 1.85 bits per heavy atom. The highest BCUT2D eigenvalue weighted by Crippen LogP contribution is 2.24. The molecular formula is C11H19NO. The van der Waals surface area contributed by atoms with Gasteiger partial charge in [0.1, 0.15) is 0 Å². The van der Waals surface area contributed by atoms with Crippen LogP contribution in [-0.4, -0.2) is 23.8 Å². The molecule has 0 fully saturated rings. The van der Waals surface area contributed by atoms with E-state index in [2.05, 4.69) is 18.7 Å². The van der Waals surface area contributed by atoms with E-state index in [0.29, 0.717) is 5.78 Å². The van der Waals surface area contributed by atoms with Crippen molar-refractivity contribution in [3.63, 3.8) is 0 Å². The zero-order chi connectivity index (χ0) is 9.84. The largest absolute Gasteiger partial charge is 0.375 e. The molecule has 1 aliphatic rings. The number of ketones is 1. The molecule has 1 aliphatic carbocycles. The van der Waals surface area contributed by atoms with Gasteiger partial charge in [-0.25, -0.2) is 0 Å². The lowest BCUT2D eigenvalue weighted by Gasteiger charge is -2.28. The second-order valence-corrected chi connectivity index (χ2v) is 3.52. The molecular weight excluding hydrogens is 162 g/mol. The van der Waals surface area contributed by atoms with Crippen LogP contribution in [0, 0.1) is 0 Å². The fraction of sp³-hybridized carbons (Fsp3) is 0.727. The predicted octanol–water partition coefficient (Wildman–Crippen LogP) is 2.36. The summed E-state index contributed by atoms with van der Waals surface area (Å²) in [6, 6.07) is 0. The fourth-order valence-electron chi connectivity index (χ4n) is 1.95. The molecule has 0 spiro atoms. The van der Waals surface area contributed by atoms with E-state index in [9.17, 15) is 4.79 Å². The molecule has 13 heavy (non-hydrogen) atoms. The molecule has 0 heterocycles. The topological polar surface area (TPSA) is 20.3 Å². The lowest BCUT2D eigenvalue weighted by atomic mass is 9.95. The van der Waals surface area contributed by atoms with E-state index in [1.54, 1.807) is 0 Å². The van der Waals surface area contributed by atoms with Crippen molar-refractivity contribution in [2.24, 2.45) is 0 Å². The van der Waals surface area contributed by atoms with Gasteiger partial charge in [0.15, 0.2) is 5.78 Å². The highest BCUT2D eigenvalue weighted by atomic mass is 16.1. The van der Waals surface area contributed by atoms with Crippen LogP contribution in [0.4, 0.5) is 0 Å². The van der Waals surface area contributed by atoms with Crippen LogP contribution >= 0.6 is 0 Å². The van der Waals surface area contributed by atoms with Gasteiger partial charge in [-0.1, -0.05) is 0 Å². The number of carbonyl (C=O) groups excluding carboxylic acids is 1. The van der Waals surface area contributed by atoms with Crippen LogP contribution in [0.2, 0.25) is 0 Å². The Balaban J connectivity index is 2.86. The maximum absolute atomic E-state index is 11.5. The maximum Gasteiger partial charge on any atom is 0.160 e. The van der Waals surface area contributed by atoms with Crippen molar-refractivity contribution >= 4 is 5.78 Å². The first-order valence-electron chi connectivity index (χ1n) is 5.18. The van der Waals surface area contributed by atoms with Gasteiger partial charge < -0.3 is 4.90 Å². The summed E-state index contributed by atoms with van der Waals surface area (Å²) in [6.07, 6.45) is 2.86. The maximum atomic E-state index is 11.5. The van der Waals surface area contributed by atoms with E-state index in [1.807, 2.05) is 6.92 Å². The van der Waals surface area contributed by atoms with Crippen molar-refractivity contribution in [3.8, 4) is 0 Å². The van der Waals surface area contributed by atoms with Crippen LogP contribution in [0.1, 0.15) is 40.0 Å². The molecule has 0 atom stereocenters. The van der Waals surface area contributed by atoms with Crippen molar-refractivity contribution < 1.29 is 4.79 Å². The van der Waals surface area contributed by atoms with E-state index in [0.717, 1.165) is 37.9 Å². The minimum absolute atomic E-state index is 0.341. The molecule has 0 bridgehead atoms. The predicted molar refractivity (Wildman–Crippen MR) is 54.5 cm³/mol. The summed E-state index contributed by atoms with van der Waals surface area (Å²) >= 11 is 0. The number of carbonyl (C=O) groups is 1. The zero-order valence-corrected chi connectivity index (χ0v) is 8.89. The SMILES string of the molecule is CCN(CC)C1=C(C)C(=O)CCC1. The number of rotatable bonds is 3. The molecule has 0 N–H and O–H groups in total. The number of nitrogens with zero attached hydrogens (tertiary/aromatic N) is 1. The molecule has 0 amide bonds. The molecule has 0 radical (unpaired) electrons. The normalized spacial score (nSPS) is 17.9. The molecule has 0 unspecified atom stereocenters. The summed E-state index contributed by atoms with van der Waals surface area (Å²) in [7, 11) is 0. The van der Waals surface area contributed by atoms with Gasteiger partial charge in [0.25, 0.3) is 0 Å². The van der Waals surface area contributed by atoms with Gasteiger partial charge in [-0.3, -0.25) is 4.79 Å². The van der Waals surface area contributed by atoms with Crippen molar-refractivity contribution in [1.82, 2.24) is 4.90 Å². The Bertz CT molecular complexity index is 226. The van der Waals surface area contributed by atoms with Crippen LogP contribution < -0.4 is 0 Å². The smallest absolute Gasteiger partial charge is 0.160 e. The molecule has 2 nitrogen and oxygen atoms in total. The van der Waals surface area contributed by atoms with Crippen molar-refractivity contribution in [2.75, 3.05) is 13.1 Å². The average Bonchev–Trinajstić information content (AvgIpc) is 2.14. The summed E-state index contributed by atoms with van der Waals surface area (Å²) < 4.78 is 0. The molecule has 0 saturated carbocycles. The molecule has 0 aromatic heterocycles. The first-order valence-corrected chi connectivity index (χ1v) is 5.18. The summed E-state index contributed by atoms with van der Waals surface area (Å²) in [4.78, 5) is 13.8. The Morgan fingerprint density at radius 3 is 2.38 bits per heavy atom. The summed E-state index contributed by atoms with van der Waals surface area (Å²) in [5, 5.41) is 0. The number of allylic oxidation sites excluding steroid dienone is 2. The molecule has 0 aliphatic heterocycles. The average molecular weight is 181 g/mol. The van der Waals surface area contributed by atoms with Crippen LogP contribution in [-0.2, 0) is 4.79 Å². The summed E-state index contributed by atoms with van der Waals surface area (Å²) in [5.41, 5.74) is 2.27. The van der Waals surface area contributed by atoms with Gasteiger partial charge in [-0.05, 0) is 33.6 Å². The van der Waals surface area contributed by atoms with Gasteiger partial charge >= 0.3 is 0 Å². The lowest BCUT2D eigenvalue weighted by molar-refractivity contribution is -0.116. The quantitative estimate of drug-likeness (QED) is 0.666. The van der Waals surface area contributed by atoms with Gasteiger partial charge in [-0.2, -0.15) is 0 Å². The number of hydrogen-bond acceptors (Lipinski definition) is 2. The van der Waals surface area contributed by atoms with Gasteiger partial charge in [0.05, 0.1) is 0 Å². The molecule has 74 valence electrons. The van der Waals surface area contributed by atoms with E-state index in [1.165, 1.54) is 5.70 Å². The van der Waals surface area contributed by atoms with Crippen LogP contribution in [0.5, 0.6) is 0 Å². The second-order valence-electron chi connectivity index (χ2n) is 3.52. The van der Waals surface area contributed by atoms with E-state index >= 15 is 0 Å². The summed E-state index contributed by atoms with van der Waals surface area (Å²) in [6.45, 7) is 8.27. The van der Waals surface area contributed by atoms with Crippen molar-refractivity contribution in [3.05, 3.63) is 11.3 Å². The number of hydrogen-bond donors (Lipinski definition) is 0. The first kappa shape index (κ1) is 10.3. The van der Waals surface area contributed by atoms with Gasteiger partial charge in [0.2, 0.25) is 0 Å². The second kappa shape index (κ2) is 4.45. The minimum atomic E-state index is 0.341. The third-order valence-electron chi connectivity index (χ3n) is 2.81. The third kappa shape index (κ3) is 2.11. The highest BCUT2D eigenvalue weighted by Gasteiger charge is 2.19. The molecule has 2 heteroatoms. The van der Waals surface area contributed by atoms with E-state index in [4.69, 9.17) is 0 Å². The standard InChI is InChI=1S/C11H19NO/c1-4-12(5-2)10-7-6-8-11(13)9(10)3/h4-8H2,1-3H3. The Kier molecular flexibility index (Phi) is 3.52. The van der Waals surface area contributed by atoms with E-state index < -0.39 is 0 Å². The number of Topliss-reactive ketones (excluding diaryl/α,β-unsaturated/α-hetero) is 1. The molecule has 0 aromatic carbocycles. The summed E-state index contributed by atoms with van der Waals surface area (Å²) in [5.74, 6) is 0.341. The van der Waals surface area contributed by atoms with Crippen molar-refractivity contribution in [1.29, 1.82) is 0 Å². The molecule has 1 rings (SSSR count). The lowest BCUT2D eigenvalue weighted by Crippen LogP contribution is -2.27. The fourth-order valence-corrected chi connectivity index (χ4v) is 1.95. The Hall–Kier alpha value is -0.790. The van der Waals surface area contributed by atoms with Crippen LogP contribution in [0.25, 0.3) is 0 Å². The first-order chi connectivity index (χ1) is 6.20. The van der Waals surface area contributed by atoms with Crippen LogP contribution in [0.15, 0.2) is 11.3 Å². The minimum Gasteiger partial charge on any atom is -0.375 e. The molecule has 0 aromatic rings. The van der Waals surface area contributed by atoms with E-state index in [-0.39, 0.29) is 0 Å². The van der Waals surface area contributed by atoms with Crippen molar-refractivity contribution in [2.45, 2.75) is 40.0 Å². The third-order valence-corrected chi connectivity index (χ3v) is 2.81. The Morgan fingerprint density at radius 1 is 1.23 bits per heavy atom. The highest BCUT2D eigenvalue weighted by molar-refractivity contribution is 5.96. The van der Waals surface area contributed by atoms with Crippen LogP contribution in [0.3, 0.4) is 0 Å². The monoisotopic (exact) mass is 181 g/mol. The molecule has 0 saturated heterocycles. The van der Waals surface area contributed by atoms with Gasteiger partial charge in [-0.15, -0.1) is 0 Å².